The van der Waals surface area contributed by atoms with Crippen molar-refractivity contribution in [3.63, 3.8) is 0 Å². The molecule has 5 nitrogen and oxygen atoms in total. The van der Waals surface area contributed by atoms with E-state index in [2.05, 4.69) is 0 Å². The van der Waals surface area contributed by atoms with Gasteiger partial charge in [-0.1, -0.05) is 6.07 Å². The van der Waals surface area contributed by atoms with Gasteiger partial charge in [-0.05, 0) is 18.1 Å². The Labute approximate surface area is 111 Å². The van der Waals surface area contributed by atoms with Crippen LogP contribution in [0.15, 0.2) is 30.4 Å². The van der Waals surface area contributed by atoms with Gasteiger partial charge in [0.15, 0.2) is 0 Å². The molecule has 5 heteroatoms. The number of hydrogen-bond acceptors (Lipinski definition) is 4. The zero-order valence-corrected chi connectivity index (χ0v) is 10.9. The maximum atomic E-state index is 11.4. The van der Waals surface area contributed by atoms with Gasteiger partial charge in [0.05, 0.1) is 14.2 Å². The summed E-state index contributed by atoms with van der Waals surface area (Å²) in [5, 5.41) is 0. The number of amides is 2. The van der Waals surface area contributed by atoms with Crippen LogP contribution in [0.5, 0.6) is 11.5 Å². The number of benzene rings is 1. The average Bonchev–Trinajstić information content (AvgIpc) is 2.75. The maximum absolute atomic E-state index is 11.4. The predicted molar refractivity (Wildman–Crippen MR) is 69.1 cm³/mol. The Kier molecular flexibility index (Phi) is 3.85. The Morgan fingerprint density at radius 1 is 1.05 bits per heavy atom. The molecule has 0 saturated carbocycles. The molecule has 100 valence electrons. The number of carbonyl (C=O) groups is 2. The molecule has 1 aromatic rings. The topological polar surface area (TPSA) is 55.8 Å². The highest BCUT2D eigenvalue weighted by molar-refractivity contribution is 6.12. The summed E-state index contributed by atoms with van der Waals surface area (Å²) in [5.41, 5.74) is 0.927. The summed E-state index contributed by atoms with van der Waals surface area (Å²) >= 11 is 0. The fourth-order valence-electron chi connectivity index (χ4n) is 1.94. The Morgan fingerprint density at radius 3 is 2.32 bits per heavy atom. The SMILES string of the molecule is COc1ccc(CCN2C(=O)C=CC2=O)c(OC)c1. The Balaban J connectivity index is 2.07. The zero-order chi connectivity index (χ0) is 13.8. The number of hydrogen-bond donors (Lipinski definition) is 0. The van der Waals surface area contributed by atoms with E-state index in [4.69, 9.17) is 9.47 Å². The summed E-state index contributed by atoms with van der Waals surface area (Å²) in [5.74, 6) is 0.858. The van der Waals surface area contributed by atoms with Crippen molar-refractivity contribution in [2.45, 2.75) is 6.42 Å². The predicted octanol–water partition coefficient (Wildman–Crippen LogP) is 1.17. The summed E-state index contributed by atoms with van der Waals surface area (Å²) in [6.45, 7) is 0.341. The largest absolute Gasteiger partial charge is 0.497 e. The van der Waals surface area contributed by atoms with Crippen molar-refractivity contribution >= 4 is 11.8 Å². The van der Waals surface area contributed by atoms with E-state index < -0.39 is 0 Å². The van der Waals surface area contributed by atoms with E-state index in [0.29, 0.717) is 24.5 Å². The van der Waals surface area contributed by atoms with Crippen LogP contribution in [-0.2, 0) is 16.0 Å². The van der Waals surface area contributed by atoms with E-state index in [0.717, 1.165) is 5.56 Å². The molecular formula is C14H15NO4. The van der Waals surface area contributed by atoms with Crippen molar-refractivity contribution in [2.75, 3.05) is 20.8 Å². The fourth-order valence-corrected chi connectivity index (χ4v) is 1.94. The molecule has 1 aliphatic heterocycles. The molecule has 1 heterocycles. The van der Waals surface area contributed by atoms with Gasteiger partial charge in [0.1, 0.15) is 11.5 Å². The molecule has 0 unspecified atom stereocenters. The average molecular weight is 261 g/mol. The summed E-state index contributed by atoms with van der Waals surface area (Å²) in [7, 11) is 3.16. The fraction of sp³-hybridized carbons (Fsp3) is 0.286. The maximum Gasteiger partial charge on any atom is 0.253 e. The molecule has 19 heavy (non-hydrogen) atoms. The van der Waals surface area contributed by atoms with Crippen LogP contribution in [0.25, 0.3) is 0 Å². The second-order valence-corrected chi connectivity index (χ2v) is 4.09. The van der Waals surface area contributed by atoms with Gasteiger partial charge in [0.2, 0.25) is 0 Å². The molecular weight excluding hydrogens is 246 g/mol. The third-order valence-electron chi connectivity index (χ3n) is 3.00. The molecule has 0 fully saturated rings. The zero-order valence-electron chi connectivity index (χ0n) is 10.9. The summed E-state index contributed by atoms with van der Waals surface area (Å²) in [4.78, 5) is 24.1. The second kappa shape index (κ2) is 5.56. The lowest BCUT2D eigenvalue weighted by molar-refractivity contribution is -0.136. The smallest absolute Gasteiger partial charge is 0.253 e. The van der Waals surface area contributed by atoms with Crippen LogP contribution in [0.2, 0.25) is 0 Å². The molecule has 0 saturated heterocycles. The van der Waals surface area contributed by atoms with Gasteiger partial charge in [0.25, 0.3) is 11.8 Å². The van der Waals surface area contributed by atoms with E-state index in [1.165, 1.54) is 17.1 Å². The van der Waals surface area contributed by atoms with Crippen LogP contribution in [0, 0.1) is 0 Å². The third kappa shape index (κ3) is 2.76. The minimum Gasteiger partial charge on any atom is -0.497 e. The van der Waals surface area contributed by atoms with Crippen LogP contribution in [-0.4, -0.2) is 37.5 Å². The van der Waals surface area contributed by atoms with Gasteiger partial charge in [-0.25, -0.2) is 0 Å². The standard InChI is InChI=1S/C14H15NO4/c1-18-11-4-3-10(12(9-11)19-2)7-8-15-13(16)5-6-14(15)17/h3-6,9H,7-8H2,1-2H3. The van der Waals surface area contributed by atoms with E-state index in [1.807, 2.05) is 12.1 Å². The monoisotopic (exact) mass is 261 g/mol. The molecule has 2 rings (SSSR count). The molecule has 0 spiro atoms. The van der Waals surface area contributed by atoms with E-state index in [-0.39, 0.29) is 11.8 Å². The molecule has 0 radical (unpaired) electrons. The highest BCUT2D eigenvalue weighted by atomic mass is 16.5. The van der Waals surface area contributed by atoms with Crippen molar-refractivity contribution in [2.24, 2.45) is 0 Å². The first-order chi connectivity index (χ1) is 9.15. The Bertz CT molecular complexity index is 518. The Hall–Kier alpha value is -2.30. The molecule has 2 amide bonds. The van der Waals surface area contributed by atoms with Crippen molar-refractivity contribution in [1.82, 2.24) is 4.90 Å². The molecule has 1 aliphatic rings. The van der Waals surface area contributed by atoms with Crippen molar-refractivity contribution in [3.8, 4) is 11.5 Å². The van der Waals surface area contributed by atoms with Gasteiger partial charge in [-0.15, -0.1) is 0 Å². The molecule has 0 N–H and O–H groups in total. The van der Waals surface area contributed by atoms with E-state index >= 15 is 0 Å². The minimum absolute atomic E-state index is 0.266. The highest BCUT2D eigenvalue weighted by Gasteiger charge is 2.23. The molecule has 0 aromatic heterocycles. The minimum atomic E-state index is -0.266. The first kappa shape index (κ1) is 13.1. The summed E-state index contributed by atoms with van der Waals surface area (Å²) in [6, 6.07) is 5.47. The van der Waals surface area contributed by atoms with Crippen LogP contribution >= 0.6 is 0 Å². The first-order valence-electron chi connectivity index (χ1n) is 5.90. The van der Waals surface area contributed by atoms with E-state index in [1.54, 1.807) is 20.3 Å². The quantitative estimate of drug-likeness (QED) is 0.747. The van der Waals surface area contributed by atoms with Crippen molar-refractivity contribution in [3.05, 3.63) is 35.9 Å². The van der Waals surface area contributed by atoms with Crippen LogP contribution in [0.3, 0.4) is 0 Å². The van der Waals surface area contributed by atoms with Gasteiger partial charge < -0.3 is 9.47 Å². The van der Waals surface area contributed by atoms with Gasteiger partial charge in [0, 0.05) is 24.8 Å². The number of carbonyl (C=O) groups excluding carboxylic acids is 2. The lowest BCUT2D eigenvalue weighted by Crippen LogP contribution is -2.31. The van der Waals surface area contributed by atoms with Gasteiger partial charge >= 0.3 is 0 Å². The summed E-state index contributed by atoms with van der Waals surface area (Å²) in [6.07, 6.45) is 3.12. The van der Waals surface area contributed by atoms with E-state index in [9.17, 15) is 9.59 Å². The van der Waals surface area contributed by atoms with Crippen molar-refractivity contribution < 1.29 is 19.1 Å². The van der Waals surface area contributed by atoms with Crippen LogP contribution < -0.4 is 9.47 Å². The molecule has 0 bridgehead atoms. The lowest BCUT2D eigenvalue weighted by Gasteiger charge is -2.15. The normalized spacial score (nSPS) is 14.1. The van der Waals surface area contributed by atoms with Gasteiger partial charge in [-0.2, -0.15) is 0 Å². The highest BCUT2D eigenvalue weighted by Crippen LogP contribution is 2.25. The number of methoxy groups -OCH3 is 2. The van der Waals surface area contributed by atoms with Crippen LogP contribution in [0.4, 0.5) is 0 Å². The van der Waals surface area contributed by atoms with Crippen LogP contribution in [0.1, 0.15) is 5.56 Å². The first-order valence-corrected chi connectivity index (χ1v) is 5.90. The molecule has 1 aromatic carbocycles. The number of rotatable bonds is 5. The van der Waals surface area contributed by atoms with Crippen molar-refractivity contribution in [1.29, 1.82) is 0 Å². The number of imide groups is 1. The van der Waals surface area contributed by atoms with Gasteiger partial charge in [-0.3, -0.25) is 14.5 Å². The number of ether oxygens (including phenoxy) is 2. The number of nitrogens with zero attached hydrogens (tertiary/aromatic N) is 1. The Morgan fingerprint density at radius 2 is 1.74 bits per heavy atom. The molecule has 0 atom stereocenters. The summed E-state index contributed by atoms with van der Waals surface area (Å²) < 4.78 is 10.4. The lowest BCUT2D eigenvalue weighted by atomic mass is 10.1. The second-order valence-electron chi connectivity index (χ2n) is 4.09. The third-order valence-corrected chi connectivity index (χ3v) is 3.00. The molecule has 0 aliphatic carbocycles.